The van der Waals surface area contributed by atoms with E-state index in [0.717, 1.165) is 21.9 Å². The van der Waals surface area contributed by atoms with Crippen LogP contribution in [0.25, 0.3) is 10.8 Å². The monoisotopic (exact) mass is 377 g/mol. The van der Waals surface area contributed by atoms with Crippen LogP contribution < -0.4 is 10.1 Å². The summed E-state index contributed by atoms with van der Waals surface area (Å²) < 4.78 is 10.4. The van der Waals surface area contributed by atoms with Gasteiger partial charge in [-0.15, -0.1) is 0 Å². The van der Waals surface area contributed by atoms with Crippen molar-refractivity contribution in [1.82, 2.24) is 5.32 Å². The van der Waals surface area contributed by atoms with Crippen molar-refractivity contribution in [3.05, 3.63) is 77.9 Å². The van der Waals surface area contributed by atoms with Gasteiger partial charge in [-0.3, -0.25) is 4.79 Å². The Labute approximate surface area is 164 Å². The first-order valence-electron chi connectivity index (χ1n) is 9.15. The molecule has 3 rings (SSSR count). The van der Waals surface area contributed by atoms with Crippen molar-refractivity contribution in [2.75, 3.05) is 13.2 Å². The number of ether oxygens (including phenoxy) is 2. The van der Waals surface area contributed by atoms with Gasteiger partial charge in [-0.05, 0) is 47.9 Å². The van der Waals surface area contributed by atoms with Crippen LogP contribution in [0.2, 0.25) is 0 Å². The number of aryl methyl sites for hydroxylation is 1. The molecule has 28 heavy (non-hydrogen) atoms. The zero-order valence-corrected chi connectivity index (χ0v) is 16.0. The summed E-state index contributed by atoms with van der Waals surface area (Å²) in [6.45, 7) is 3.26. The van der Waals surface area contributed by atoms with E-state index in [4.69, 9.17) is 9.47 Å². The van der Waals surface area contributed by atoms with Crippen molar-refractivity contribution in [3.63, 3.8) is 0 Å². The molecule has 0 spiro atoms. The second-order valence-electron chi connectivity index (χ2n) is 6.62. The maximum atomic E-state index is 12.2. The number of amides is 1. The normalized spacial score (nSPS) is 11.6. The fraction of sp³-hybridized carbons (Fsp3) is 0.217. The number of hydrogen-bond donors (Lipinski definition) is 1. The largest absolute Gasteiger partial charge is 0.482 e. The second-order valence-corrected chi connectivity index (χ2v) is 6.62. The van der Waals surface area contributed by atoms with E-state index in [1.807, 2.05) is 74.5 Å². The molecule has 0 radical (unpaired) electrons. The van der Waals surface area contributed by atoms with Crippen LogP contribution >= 0.6 is 0 Å². The Kier molecular flexibility index (Phi) is 6.27. The Balaban J connectivity index is 1.49. The van der Waals surface area contributed by atoms with E-state index in [1.165, 1.54) is 0 Å². The maximum absolute atomic E-state index is 12.2. The lowest BCUT2D eigenvalue weighted by molar-refractivity contribution is -0.150. The maximum Gasteiger partial charge on any atom is 0.344 e. The lowest BCUT2D eigenvalue weighted by Gasteiger charge is -2.16. The fourth-order valence-electron chi connectivity index (χ4n) is 3.02. The van der Waals surface area contributed by atoms with Gasteiger partial charge >= 0.3 is 5.97 Å². The van der Waals surface area contributed by atoms with Crippen LogP contribution in [0.4, 0.5) is 0 Å². The summed E-state index contributed by atoms with van der Waals surface area (Å²) in [5, 5.41) is 5.06. The van der Waals surface area contributed by atoms with Gasteiger partial charge in [0, 0.05) is 0 Å². The van der Waals surface area contributed by atoms with Crippen molar-refractivity contribution in [2.24, 2.45) is 0 Å². The third-order valence-corrected chi connectivity index (χ3v) is 4.38. The lowest BCUT2D eigenvalue weighted by Crippen LogP contribution is -2.32. The molecule has 0 heterocycles. The first-order valence-corrected chi connectivity index (χ1v) is 9.15. The third kappa shape index (κ3) is 5.10. The van der Waals surface area contributed by atoms with Crippen molar-refractivity contribution >= 4 is 22.6 Å². The number of rotatable bonds is 7. The fourth-order valence-corrected chi connectivity index (χ4v) is 3.02. The predicted molar refractivity (Wildman–Crippen MR) is 108 cm³/mol. The van der Waals surface area contributed by atoms with E-state index in [-0.39, 0.29) is 25.2 Å². The van der Waals surface area contributed by atoms with Crippen molar-refractivity contribution < 1.29 is 19.1 Å². The van der Waals surface area contributed by atoms with E-state index in [2.05, 4.69) is 5.32 Å². The van der Waals surface area contributed by atoms with Gasteiger partial charge in [-0.1, -0.05) is 54.6 Å². The molecule has 0 aliphatic rings. The molecule has 0 aliphatic heterocycles. The molecule has 0 fully saturated rings. The number of fused-ring (bicyclic) bond motifs is 1. The number of carbonyl (C=O) groups is 2. The van der Waals surface area contributed by atoms with Gasteiger partial charge in [0.15, 0.2) is 13.2 Å². The molecule has 1 amide bonds. The number of carbonyl (C=O) groups excluding carboxylic acids is 2. The van der Waals surface area contributed by atoms with Crippen LogP contribution in [0.3, 0.4) is 0 Å². The van der Waals surface area contributed by atoms with Gasteiger partial charge in [-0.2, -0.15) is 0 Å². The molecule has 0 aromatic heterocycles. The van der Waals surface area contributed by atoms with Crippen molar-refractivity contribution in [1.29, 1.82) is 0 Å². The third-order valence-electron chi connectivity index (χ3n) is 4.38. The Morgan fingerprint density at radius 2 is 1.71 bits per heavy atom. The molecule has 3 aromatic carbocycles. The van der Waals surface area contributed by atoms with Crippen LogP contribution in [0.15, 0.2) is 66.7 Å². The Morgan fingerprint density at radius 3 is 2.54 bits per heavy atom. The average molecular weight is 377 g/mol. The molecule has 0 unspecified atom stereocenters. The van der Waals surface area contributed by atoms with Crippen LogP contribution in [-0.2, 0) is 14.3 Å². The van der Waals surface area contributed by atoms with E-state index in [1.54, 1.807) is 6.07 Å². The summed E-state index contributed by atoms with van der Waals surface area (Å²) in [7, 11) is 0. The highest BCUT2D eigenvalue weighted by Crippen LogP contribution is 2.23. The molecule has 0 bridgehead atoms. The van der Waals surface area contributed by atoms with Gasteiger partial charge in [0.1, 0.15) is 5.75 Å². The minimum atomic E-state index is -0.588. The summed E-state index contributed by atoms with van der Waals surface area (Å²) >= 11 is 0. The molecular formula is C23H23NO4. The van der Waals surface area contributed by atoms with Crippen LogP contribution in [0, 0.1) is 6.92 Å². The number of esters is 1. The summed E-state index contributed by atoms with van der Waals surface area (Å²) in [6.07, 6.45) is 0. The molecule has 3 aromatic rings. The summed E-state index contributed by atoms with van der Waals surface area (Å²) in [6, 6.07) is 21.1. The number of nitrogens with one attached hydrogen (secondary N) is 1. The minimum absolute atomic E-state index is 0.208. The summed E-state index contributed by atoms with van der Waals surface area (Å²) in [5.41, 5.74) is 2.05. The average Bonchev–Trinajstić information content (AvgIpc) is 2.70. The predicted octanol–water partition coefficient (Wildman–Crippen LogP) is 3.95. The van der Waals surface area contributed by atoms with Gasteiger partial charge < -0.3 is 14.8 Å². The molecule has 1 atom stereocenters. The van der Waals surface area contributed by atoms with Crippen LogP contribution in [0.5, 0.6) is 5.75 Å². The molecular weight excluding hydrogens is 354 g/mol. The van der Waals surface area contributed by atoms with Crippen molar-refractivity contribution in [2.45, 2.75) is 19.9 Å². The standard InChI is InChI=1S/C23H23NO4/c1-16-7-5-10-19(13-16)27-15-23(26)28-14-22(25)24-17(2)20-12-6-9-18-8-3-4-11-21(18)20/h3-13,17H,14-15H2,1-2H3,(H,24,25)/t17-/m0/s1. The van der Waals surface area contributed by atoms with Crippen LogP contribution in [-0.4, -0.2) is 25.1 Å². The smallest absolute Gasteiger partial charge is 0.344 e. The quantitative estimate of drug-likeness (QED) is 0.633. The summed E-state index contributed by atoms with van der Waals surface area (Å²) in [4.78, 5) is 24.0. The first-order chi connectivity index (χ1) is 13.5. The zero-order valence-electron chi connectivity index (χ0n) is 16.0. The highest BCUT2D eigenvalue weighted by molar-refractivity contribution is 5.87. The van der Waals surface area contributed by atoms with E-state index in [9.17, 15) is 9.59 Å². The number of benzene rings is 3. The van der Waals surface area contributed by atoms with Crippen LogP contribution in [0.1, 0.15) is 24.1 Å². The Hall–Kier alpha value is -3.34. The van der Waals surface area contributed by atoms with Gasteiger partial charge in [0.25, 0.3) is 5.91 Å². The van der Waals surface area contributed by atoms with Crippen molar-refractivity contribution in [3.8, 4) is 5.75 Å². The minimum Gasteiger partial charge on any atom is -0.482 e. The van der Waals surface area contributed by atoms with E-state index < -0.39 is 5.97 Å². The van der Waals surface area contributed by atoms with Gasteiger partial charge in [-0.25, -0.2) is 4.79 Å². The molecule has 1 N–H and O–H groups in total. The summed E-state index contributed by atoms with van der Waals surface area (Å²) in [5.74, 6) is -0.357. The zero-order chi connectivity index (χ0) is 19.9. The topological polar surface area (TPSA) is 64.6 Å². The lowest BCUT2D eigenvalue weighted by atomic mass is 10.00. The Morgan fingerprint density at radius 1 is 0.964 bits per heavy atom. The SMILES string of the molecule is Cc1cccc(OCC(=O)OCC(=O)N[C@@H](C)c2cccc3ccccc23)c1. The van der Waals surface area contributed by atoms with Gasteiger partial charge in [0.2, 0.25) is 0 Å². The molecule has 0 saturated heterocycles. The van der Waals surface area contributed by atoms with E-state index in [0.29, 0.717) is 5.75 Å². The second kappa shape index (κ2) is 9.04. The van der Waals surface area contributed by atoms with Gasteiger partial charge in [0.05, 0.1) is 6.04 Å². The molecule has 5 heteroatoms. The van der Waals surface area contributed by atoms with E-state index >= 15 is 0 Å². The molecule has 0 saturated carbocycles. The Bertz CT molecular complexity index is 978. The molecule has 144 valence electrons. The highest BCUT2D eigenvalue weighted by atomic mass is 16.6. The highest BCUT2D eigenvalue weighted by Gasteiger charge is 2.14. The number of hydrogen-bond acceptors (Lipinski definition) is 4. The first kappa shape index (κ1) is 19.4. The molecule has 5 nitrogen and oxygen atoms in total. The molecule has 0 aliphatic carbocycles.